The molecular formula is C14H22N2O2. The van der Waals surface area contributed by atoms with Crippen molar-refractivity contribution in [3.63, 3.8) is 0 Å². The first-order chi connectivity index (χ1) is 8.72. The molecule has 0 aliphatic heterocycles. The van der Waals surface area contributed by atoms with Crippen LogP contribution in [0.3, 0.4) is 0 Å². The van der Waals surface area contributed by atoms with Crippen molar-refractivity contribution in [3.8, 4) is 0 Å². The molecule has 0 unspecified atom stereocenters. The van der Waals surface area contributed by atoms with Gasteiger partial charge < -0.3 is 15.4 Å². The summed E-state index contributed by atoms with van der Waals surface area (Å²) in [7, 11) is 0. The molecule has 0 heterocycles. The van der Waals surface area contributed by atoms with Gasteiger partial charge in [0.2, 0.25) is 0 Å². The summed E-state index contributed by atoms with van der Waals surface area (Å²) in [6, 6.07) is 7.77. The van der Waals surface area contributed by atoms with Crippen molar-refractivity contribution < 1.29 is 9.53 Å². The Labute approximate surface area is 109 Å². The van der Waals surface area contributed by atoms with Gasteiger partial charge in [0, 0.05) is 25.4 Å². The standard InChI is InChI=1S/C14H22N2O2/c1-3-9-16(14(17)11-18-4-2)13-7-5-12(10-15)6-8-13/h5-8H,3-4,9-11,15H2,1-2H3. The number of carbonyl (C=O) groups excluding carboxylic acids is 1. The van der Waals surface area contributed by atoms with E-state index in [0.29, 0.717) is 19.7 Å². The smallest absolute Gasteiger partial charge is 0.252 e. The van der Waals surface area contributed by atoms with Crippen LogP contribution in [0.4, 0.5) is 5.69 Å². The second kappa shape index (κ2) is 7.84. The van der Waals surface area contributed by atoms with Crippen molar-refractivity contribution in [2.24, 2.45) is 5.73 Å². The maximum Gasteiger partial charge on any atom is 0.252 e. The second-order valence-electron chi connectivity index (χ2n) is 4.05. The van der Waals surface area contributed by atoms with Crippen LogP contribution in [-0.2, 0) is 16.1 Å². The number of benzene rings is 1. The highest BCUT2D eigenvalue weighted by Gasteiger charge is 2.14. The molecule has 0 atom stereocenters. The van der Waals surface area contributed by atoms with Gasteiger partial charge in [-0.25, -0.2) is 0 Å². The maximum absolute atomic E-state index is 12.0. The van der Waals surface area contributed by atoms with Crippen molar-refractivity contribution in [1.29, 1.82) is 0 Å². The van der Waals surface area contributed by atoms with Crippen LogP contribution in [0.25, 0.3) is 0 Å². The minimum absolute atomic E-state index is 0.000742. The first kappa shape index (κ1) is 14.7. The van der Waals surface area contributed by atoms with Gasteiger partial charge in [0.05, 0.1) is 0 Å². The molecule has 0 aliphatic rings. The molecule has 1 amide bonds. The molecular weight excluding hydrogens is 228 g/mol. The third-order valence-corrected chi connectivity index (χ3v) is 2.66. The lowest BCUT2D eigenvalue weighted by atomic mass is 10.2. The van der Waals surface area contributed by atoms with Gasteiger partial charge in [-0.05, 0) is 31.0 Å². The van der Waals surface area contributed by atoms with E-state index in [1.54, 1.807) is 4.90 Å². The van der Waals surface area contributed by atoms with Crippen molar-refractivity contribution in [1.82, 2.24) is 0 Å². The van der Waals surface area contributed by atoms with Crippen LogP contribution >= 0.6 is 0 Å². The van der Waals surface area contributed by atoms with E-state index < -0.39 is 0 Å². The molecule has 0 radical (unpaired) electrons. The fraction of sp³-hybridized carbons (Fsp3) is 0.500. The minimum atomic E-state index is -0.000742. The number of rotatable bonds is 7. The Morgan fingerprint density at radius 3 is 2.44 bits per heavy atom. The molecule has 1 aromatic rings. The van der Waals surface area contributed by atoms with Crippen LogP contribution in [0, 0.1) is 0 Å². The second-order valence-corrected chi connectivity index (χ2v) is 4.05. The molecule has 0 saturated heterocycles. The first-order valence-electron chi connectivity index (χ1n) is 6.40. The Morgan fingerprint density at radius 2 is 1.94 bits per heavy atom. The predicted molar refractivity (Wildman–Crippen MR) is 73.5 cm³/mol. The molecule has 0 aliphatic carbocycles. The van der Waals surface area contributed by atoms with Gasteiger partial charge in [0.25, 0.3) is 5.91 Å². The Bertz CT molecular complexity index is 363. The Balaban J connectivity index is 2.78. The van der Waals surface area contributed by atoms with Gasteiger partial charge in [0.1, 0.15) is 6.61 Å². The number of nitrogens with two attached hydrogens (primary N) is 1. The number of ether oxygens (including phenoxy) is 1. The normalized spacial score (nSPS) is 10.4. The highest BCUT2D eigenvalue weighted by molar-refractivity contribution is 5.94. The number of anilines is 1. The van der Waals surface area contributed by atoms with Gasteiger partial charge in [-0.15, -0.1) is 0 Å². The van der Waals surface area contributed by atoms with E-state index in [0.717, 1.165) is 17.7 Å². The van der Waals surface area contributed by atoms with Crippen molar-refractivity contribution in [2.45, 2.75) is 26.8 Å². The molecule has 0 fully saturated rings. The van der Waals surface area contributed by atoms with Crippen LogP contribution < -0.4 is 10.6 Å². The number of hydrogen-bond acceptors (Lipinski definition) is 3. The van der Waals surface area contributed by atoms with E-state index in [9.17, 15) is 4.79 Å². The van der Waals surface area contributed by atoms with E-state index in [1.807, 2.05) is 31.2 Å². The topological polar surface area (TPSA) is 55.6 Å². The molecule has 0 bridgehead atoms. The quantitative estimate of drug-likeness (QED) is 0.804. The van der Waals surface area contributed by atoms with Crippen molar-refractivity contribution in [2.75, 3.05) is 24.7 Å². The van der Waals surface area contributed by atoms with Crippen molar-refractivity contribution >= 4 is 11.6 Å². The Morgan fingerprint density at radius 1 is 1.28 bits per heavy atom. The average Bonchev–Trinajstić information content (AvgIpc) is 2.42. The molecule has 0 saturated carbocycles. The van der Waals surface area contributed by atoms with Crippen LogP contribution in [0.15, 0.2) is 24.3 Å². The number of nitrogens with zero attached hydrogens (tertiary/aromatic N) is 1. The highest BCUT2D eigenvalue weighted by Crippen LogP contribution is 2.16. The van der Waals surface area contributed by atoms with E-state index in [2.05, 4.69) is 6.92 Å². The number of hydrogen-bond donors (Lipinski definition) is 1. The van der Waals surface area contributed by atoms with E-state index in [4.69, 9.17) is 10.5 Å². The third-order valence-electron chi connectivity index (χ3n) is 2.66. The van der Waals surface area contributed by atoms with Crippen LogP contribution in [0.5, 0.6) is 0 Å². The molecule has 0 spiro atoms. The minimum Gasteiger partial charge on any atom is -0.372 e. The summed E-state index contributed by atoms with van der Waals surface area (Å²) >= 11 is 0. The van der Waals surface area contributed by atoms with E-state index in [-0.39, 0.29) is 12.5 Å². The zero-order valence-electron chi connectivity index (χ0n) is 11.2. The summed E-state index contributed by atoms with van der Waals surface area (Å²) in [6.45, 7) is 5.84. The largest absolute Gasteiger partial charge is 0.372 e. The molecule has 18 heavy (non-hydrogen) atoms. The molecule has 0 aromatic heterocycles. The van der Waals surface area contributed by atoms with Crippen LogP contribution in [0.2, 0.25) is 0 Å². The van der Waals surface area contributed by atoms with Gasteiger partial charge >= 0.3 is 0 Å². The first-order valence-corrected chi connectivity index (χ1v) is 6.40. The molecule has 4 heteroatoms. The summed E-state index contributed by atoms with van der Waals surface area (Å²) in [5, 5.41) is 0. The van der Waals surface area contributed by atoms with Crippen LogP contribution in [0.1, 0.15) is 25.8 Å². The lowest BCUT2D eigenvalue weighted by Gasteiger charge is -2.22. The summed E-state index contributed by atoms with van der Waals surface area (Å²) in [4.78, 5) is 13.8. The number of carbonyl (C=O) groups is 1. The Kier molecular flexibility index (Phi) is 6.39. The van der Waals surface area contributed by atoms with Gasteiger partial charge in [-0.2, -0.15) is 0 Å². The fourth-order valence-corrected chi connectivity index (χ4v) is 1.70. The lowest BCUT2D eigenvalue weighted by Crippen LogP contribution is -2.34. The van der Waals surface area contributed by atoms with Crippen molar-refractivity contribution in [3.05, 3.63) is 29.8 Å². The SMILES string of the molecule is CCCN(C(=O)COCC)c1ccc(CN)cc1. The highest BCUT2D eigenvalue weighted by atomic mass is 16.5. The zero-order chi connectivity index (χ0) is 13.4. The molecule has 1 aromatic carbocycles. The molecule has 2 N–H and O–H groups in total. The average molecular weight is 250 g/mol. The summed E-state index contributed by atoms with van der Waals surface area (Å²) in [5.41, 5.74) is 7.52. The molecule has 100 valence electrons. The van der Waals surface area contributed by atoms with Gasteiger partial charge in [-0.1, -0.05) is 19.1 Å². The summed E-state index contributed by atoms with van der Waals surface area (Å²) < 4.78 is 5.18. The predicted octanol–water partition coefficient (Wildman–Crippen LogP) is 1.92. The van der Waals surface area contributed by atoms with Crippen LogP contribution in [-0.4, -0.2) is 25.7 Å². The third kappa shape index (κ3) is 4.13. The molecule has 1 rings (SSSR count). The van der Waals surface area contributed by atoms with Gasteiger partial charge in [0.15, 0.2) is 0 Å². The van der Waals surface area contributed by atoms with E-state index >= 15 is 0 Å². The zero-order valence-corrected chi connectivity index (χ0v) is 11.2. The maximum atomic E-state index is 12.0. The summed E-state index contributed by atoms with van der Waals surface area (Å²) in [6.07, 6.45) is 0.913. The fourth-order valence-electron chi connectivity index (χ4n) is 1.70. The van der Waals surface area contributed by atoms with Gasteiger partial charge in [-0.3, -0.25) is 4.79 Å². The Hall–Kier alpha value is -1.39. The monoisotopic (exact) mass is 250 g/mol. The number of amides is 1. The lowest BCUT2D eigenvalue weighted by molar-refractivity contribution is -0.122. The molecule has 4 nitrogen and oxygen atoms in total. The summed E-state index contributed by atoms with van der Waals surface area (Å²) in [5.74, 6) is -0.000742. The van der Waals surface area contributed by atoms with E-state index in [1.165, 1.54) is 0 Å².